The molecule has 1 fully saturated rings. The summed E-state index contributed by atoms with van der Waals surface area (Å²) < 4.78 is 2.22. The van der Waals surface area contributed by atoms with Gasteiger partial charge in [-0.2, -0.15) is 0 Å². The summed E-state index contributed by atoms with van der Waals surface area (Å²) in [6.07, 6.45) is 8.76. The van der Waals surface area contributed by atoms with Crippen molar-refractivity contribution < 1.29 is 4.79 Å². The van der Waals surface area contributed by atoms with E-state index in [0.717, 1.165) is 48.6 Å². The summed E-state index contributed by atoms with van der Waals surface area (Å²) >= 11 is 0. The molecule has 3 aromatic rings. The maximum Gasteiger partial charge on any atom is 0.155 e. The second-order valence-corrected chi connectivity index (χ2v) is 8.85. The van der Waals surface area contributed by atoms with Crippen LogP contribution in [0, 0.1) is 0 Å². The van der Waals surface area contributed by atoms with Gasteiger partial charge in [0, 0.05) is 48.5 Å². The summed E-state index contributed by atoms with van der Waals surface area (Å²) in [6.45, 7) is 4.31. The molecule has 1 aromatic carbocycles. The Balaban J connectivity index is 1.74. The number of aldehydes is 1. The summed E-state index contributed by atoms with van der Waals surface area (Å²) in [5, 5.41) is 11.1. The number of nitrogens with zero attached hydrogens (tertiary/aromatic N) is 3. The van der Waals surface area contributed by atoms with E-state index in [-0.39, 0.29) is 12.1 Å². The third-order valence-corrected chi connectivity index (χ3v) is 6.25. The number of rotatable bonds is 8. The first-order valence-electron chi connectivity index (χ1n) is 11.6. The standard InChI is InChI=1S/C25H33N7O/c1-16(2)32-12-11-17-20(9-6-10-23(17)32)30-25-18(14-33)22(28-15-27-3)13-24(31-25)29-21-8-5-4-7-19(21)26/h6,9-16,19,21H,4-5,7-8,26H2,1-3H3,(H3,27,28,29,30,31). The van der Waals surface area contributed by atoms with Gasteiger partial charge in [-0.05, 0) is 44.9 Å². The Morgan fingerprint density at radius 3 is 2.76 bits per heavy atom. The first-order chi connectivity index (χ1) is 16.0. The van der Waals surface area contributed by atoms with E-state index in [2.05, 4.69) is 57.7 Å². The number of nitrogens with one attached hydrogen (secondary N) is 3. The van der Waals surface area contributed by atoms with Crippen LogP contribution in [0.25, 0.3) is 10.9 Å². The number of carbonyl (C=O) groups excluding carboxylic acids is 1. The van der Waals surface area contributed by atoms with Crippen LogP contribution in [0.15, 0.2) is 41.5 Å². The molecule has 1 aliphatic carbocycles. The van der Waals surface area contributed by atoms with Gasteiger partial charge >= 0.3 is 0 Å². The highest BCUT2D eigenvalue weighted by Crippen LogP contribution is 2.33. The van der Waals surface area contributed by atoms with Crippen molar-refractivity contribution in [3.8, 4) is 0 Å². The molecule has 2 atom stereocenters. The Labute approximate surface area is 194 Å². The van der Waals surface area contributed by atoms with E-state index in [9.17, 15) is 4.79 Å². The molecule has 0 bridgehead atoms. The number of hydrogen-bond acceptors (Lipinski definition) is 6. The molecule has 1 aliphatic rings. The van der Waals surface area contributed by atoms with E-state index in [1.807, 2.05) is 18.2 Å². The minimum atomic E-state index is 0.0841. The van der Waals surface area contributed by atoms with Crippen LogP contribution in [0.3, 0.4) is 0 Å². The zero-order chi connectivity index (χ0) is 23.4. The van der Waals surface area contributed by atoms with Gasteiger partial charge in [0.2, 0.25) is 0 Å². The molecule has 2 aromatic heterocycles. The third kappa shape index (κ3) is 4.85. The number of anilines is 4. The number of carbonyl (C=O) groups is 1. The molecule has 8 nitrogen and oxygen atoms in total. The van der Waals surface area contributed by atoms with Crippen LogP contribution in [0.1, 0.15) is 55.9 Å². The second kappa shape index (κ2) is 10.0. The average Bonchev–Trinajstić information content (AvgIpc) is 3.25. The molecule has 8 heteroatoms. The lowest BCUT2D eigenvalue weighted by Crippen LogP contribution is -2.42. The second-order valence-electron chi connectivity index (χ2n) is 8.85. The Kier molecular flexibility index (Phi) is 6.93. The van der Waals surface area contributed by atoms with Crippen molar-refractivity contribution in [2.24, 2.45) is 10.7 Å². The molecular weight excluding hydrogens is 414 g/mol. The molecule has 0 saturated heterocycles. The molecule has 0 spiro atoms. The molecule has 2 unspecified atom stereocenters. The average molecular weight is 448 g/mol. The molecule has 5 N–H and O–H groups in total. The summed E-state index contributed by atoms with van der Waals surface area (Å²) in [7, 11) is 1.67. The first kappa shape index (κ1) is 22.8. The maximum atomic E-state index is 12.1. The molecule has 0 amide bonds. The molecule has 33 heavy (non-hydrogen) atoms. The van der Waals surface area contributed by atoms with Gasteiger partial charge in [-0.15, -0.1) is 0 Å². The molecular formula is C25H33N7O. The van der Waals surface area contributed by atoms with Crippen LogP contribution in [0.5, 0.6) is 0 Å². The summed E-state index contributed by atoms with van der Waals surface area (Å²) in [5.74, 6) is 1.15. The lowest BCUT2D eigenvalue weighted by molar-refractivity contribution is 0.112. The van der Waals surface area contributed by atoms with Crippen LogP contribution in [-0.4, -0.2) is 41.3 Å². The van der Waals surface area contributed by atoms with Crippen molar-refractivity contribution in [3.63, 3.8) is 0 Å². The fraction of sp³-hybridized carbons (Fsp3) is 0.400. The van der Waals surface area contributed by atoms with Crippen molar-refractivity contribution in [2.45, 2.75) is 57.7 Å². The number of pyridine rings is 1. The number of benzene rings is 1. The van der Waals surface area contributed by atoms with Crippen LogP contribution >= 0.6 is 0 Å². The Morgan fingerprint density at radius 2 is 2.03 bits per heavy atom. The van der Waals surface area contributed by atoms with Crippen LogP contribution in [0.2, 0.25) is 0 Å². The molecule has 174 valence electrons. The van der Waals surface area contributed by atoms with Gasteiger partial charge in [-0.3, -0.25) is 9.79 Å². The molecule has 2 heterocycles. The van der Waals surface area contributed by atoms with Crippen molar-refractivity contribution in [1.29, 1.82) is 0 Å². The summed E-state index contributed by atoms with van der Waals surface area (Å²) in [5.41, 5.74) is 9.44. The first-order valence-corrected chi connectivity index (χ1v) is 11.6. The number of nitrogens with two attached hydrogens (primary N) is 1. The highest BCUT2D eigenvalue weighted by atomic mass is 16.1. The van der Waals surface area contributed by atoms with Crippen LogP contribution < -0.4 is 21.7 Å². The quantitative estimate of drug-likeness (QED) is 0.222. The van der Waals surface area contributed by atoms with E-state index in [0.29, 0.717) is 28.9 Å². The molecule has 0 aliphatic heterocycles. The molecule has 1 saturated carbocycles. The van der Waals surface area contributed by atoms with Gasteiger partial charge in [0.1, 0.15) is 11.6 Å². The fourth-order valence-electron chi connectivity index (χ4n) is 4.50. The largest absolute Gasteiger partial charge is 0.366 e. The van der Waals surface area contributed by atoms with E-state index in [4.69, 9.17) is 10.7 Å². The smallest absolute Gasteiger partial charge is 0.155 e. The summed E-state index contributed by atoms with van der Waals surface area (Å²) in [6, 6.07) is 10.6. The molecule has 4 rings (SSSR count). The lowest BCUT2D eigenvalue weighted by Gasteiger charge is -2.30. The molecule has 0 radical (unpaired) electrons. The minimum Gasteiger partial charge on any atom is -0.366 e. The predicted octanol–water partition coefficient (Wildman–Crippen LogP) is 4.93. The number of aromatic nitrogens is 2. The Morgan fingerprint density at radius 1 is 1.21 bits per heavy atom. The van der Waals surface area contributed by atoms with Crippen molar-refractivity contribution in [2.75, 3.05) is 23.0 Å². The van der Waals surface area contributed by atoms with Gasteiger partial charge in [-0.25, -0.2) is 4.98 Å². The van der Waals surface area contributed by atoms with Gasteiger partial charge in [0.15, 0.2) is 6.29 Å². The Hall–Kier alpha value is -3.39. The zero-order valence-electron chi connectivity index (χ0n) is 19.5. The van der Waals surface area contributed by atoms with Crippen LogP contribution in [-0.2, 0) is 0 Å². The van der Waals surface area contributed by atoms with E-state index >= 15 is 0 Å². The topological polar surface area (TPSA) is 109 Å². The zero-order valence-corrected chi connectivity index (χ0v) is 19.5. The SMILES string of the molecule is CN=CNc1cc(NC2CCCCC2N)nc(Nc2cccc3c2ccn3C(C)C)c1C=O. The minimum absolute atomic E-state index is 0.0841. The van der Waals surface area contributed by atoms with Gasteiger partial charge in [-0.1, -0.05) is 18.9 Å². The van der Waals surface area contributed by atoms with Crippen molar-refractivity contribution >= 4 is 46.5 Å². The lowest BCUT2D eigenvalue weighted by atomic mass is 9.91. The number of hydrogen-bond donors (Lipinski definition) is 4. The Bertz CT molecular complexity index is 1150. The third-order valence-electron chi connectivity index (χ3n) is 6.25. The monoisotopic (exact) mass is 447 g/mol. The number of fused-ring (bicyclic) bond motifs is 1. The maximum absolute atomic E-state index is 12.1. The summed E-state index contributed by atoms with van der Waals surface area (Å²) in [4.78, 5) is 20.9. The van der Waals surface area contributed by atoms with E-state index in [1.165, 1.54) is 0 Å². The highest BCUT2D eigenvalue weighted by molar-refractivity contribution is 5.99. The normalized spacial score (nSPS) is 18.7. The number of aliphatic imine (C=N–C) groups is 1. The van der Waals surface area contributed by atoms with Gasteiger partial charge in [0.05, 0.1) is 23.1 Å². The van der Waals surface area contributed by atoms with E-state index < -0.39 is 0 Å². The fourth-order valence-corrected chi connectivity index (χ4v) is 4.50. The van der Waals surface area contributed by atoms with Crippen molar-refractivity contribution in [1.82, 2.24) is 9.55 Å². The van der Waals surface area contributed by atoms with E-state index in [1.54, 1.807) is 13.4 Å². The van der Waals surface area contributed by atoms with Crippen LogP contribution in [0.4, 0.5) is 23.0 Å². The van der Waals surface area contributed by atoms with Crippen molar-refractivity contribution in [3.05, 3.63) is 42.1 Å². The van der Waals surface area contributed by atoms with Gasteiger partial charge in [0.25, 0.3) is 0 Å². The van der Waals surface area contributed by atoms with Gasteiger partial charge < -0.3 is 26.3 Å². The highest BCUT2D eigenvalue weighted by Gasteiger charge is 2.23. The predicted molar refractivity (Wildman–Crippen MR) is 137 cm³/mol.